The summed E-state index contributed by atoms with van der Waals surface area (Å²) in [5, 5.41) is 9.74. The predicted octanol–water partition coefficient (Wildman–Crippen LogP) is 29.8. The predicted molar refractivity (Wildman–Crippen MR) is 426 cm³/mol. The van der Waals surface area contributed by atoms with Crippen LogP contribution in [-0.4, -0.2) is 36.4 Å². The fourth-order valence-corrected chi connectivity index (χ4v) is 12.2. The van der Waals surface area contributed by atoms with Gasteiger partial charge in [-0.25, -0.2) is 0 Å². The number of ether oxygens (including phenoxy) is 2. The Morgan fingerprint density at radius 1 is 0.250 bits per heavy atom. The van der Waals surface area contributed by atoms with E-state index < -0.39 is 6.10 Å². The lowest BCUT2D eigenvalue weighted by Crippen LogP contribution is -2.28. The monoisotopic (exact) mass is 1330 g/mol. The van der Waals surface area contributed by atoms with Crippen molar-refractivity contribution in [1.29, 1.82) is 0 Å². The molecule has 96 heavy (non-hydrogen) atoms. The number of aliphatic hydroxyl groups excluding tert-OH is 1. The van der Waals surface area contributed by atoms with Gasteiger partial charge in [0.2, 0.25) is 0 Å². The molecule has 0 rings (SSSR count). The van der Waals surface area contributed by atoms with E-state index in [1.54, 1.807) is 0 Å². The van der Waals surface area contributed by atoms with Gasteiger partial charge in [0, 0.05) is 12.8 Å². The standard InChI is InChI=1S/C91H158O5/c1-3-5-7-9-11-13-15-17-19-21-23-25-27-29-31-33-35-37-39-41-43-45-47-49-51-53-55-57-59-61-63-65-67-69-71-73-75-77-79-81-83-85-90(93)95-88-89(87-92)96-91(94)86-84-82-80-78-76-74-72-70-68-66-64-62-60-58-56-54-52-50-48-46-44-42-40-38-36-34-32-30-28-26-24-22-20-18-16-14-12-10-8-6-4-2/h6,8,12,14-15,17-18,20-21,23-24,26-27,29-30,32,36,38,42,44,48,50,89,92H,3-5,7,9-11,13,16,19,22,25,28,31,33-35,37,39-41,43,45-47,49,51-88H2,1-2H3/b8-6-,14-12-,17-15-,20-18-,23-21-,26-24-,29-27-,32-30-,38-36-,44-42-,50-48-. The molecule has 0 aliphatic heterocycles. The quantitative estimate of drug-likeness (QED) is 0.0373. The number of allylic oxidation sites excluding steroid dienone is 22. The van der Waals surface area contributed by atoms with Crippen molar-refractivity contribution < 1.29 is 24.2 Å². The van der Waals surface area contributed by atoms with Crippen LogP contribution in [0, 0.1) is 0 Å². The third kappa shape index (κ3) is 82.5. The summed E-state index contributed by atoms with van der Waals surface area (Å²) in [6.45, 7) is 4.05. The Morgan fingerprint density at radius 3 is 0.677 bits per heavy atom. The molecule has 0 saturated heterocycles. The van der Waals surface area contributed by atoms with Crippen molar-refractivity contribution in [3.63, 3.8) is 0 Å². The molecule has 552 valence electrons. The number of carbonyl (C=O) groups excluding carboxylic acids is 2. The first kappa shape index (κ1) is 92.0. The highest BCUT2D eigenvalue weighted by molar-refractivity contribution is 5.70. The SMILES string of the molecule is CC/C=C\C/C=C\C/C=C\C/C=C\C/C=C\C/C=C\C/C=C\C/C=C\CCCCCCCCCCCCCCCCCCC(=O)OC(CO)COC(=O)CCCCCCCCCCCCCCCCCCCCCCCCCCCC/C=C\C/C=C\C/C=C\CCCCCCC. The summed E-state index contributed by atoms with van der Waals surface area (Å²) in [5.41, 5.74) is 0. The number of hydrogen-bond acceptors (Lipinski definition) is 5. The second-order valence-corrected chi connectivity index (χ2v) is 27.8. The van der Waals surface area contributed by atoms with E-state index >= 15 is 0 Å². The van der Waals surface area contributed by atoms with Gasteiger partial charge in [-0.2, -0.15) is 0 Å². The van der Waals surface area contributed by atoms with Gasteiger partial charge in [-0.3, -0.25) is 9.59 Å². The maximum atomic E-state index is 12.4. The number of hydrogen-bond donors (Lipinski definition) is 1. The van der Waals surface area contributed by atoms with Crippen LogP contribution in [0.25, 0.3) is 0 Å². The summed E-state index contributed by atoms with van der Waals surface area (Å²) in [5.74, 6) is -0.575. The minimum absolute atomic E-state index is 0.0653. The van der Waals surface area contributed by atoms with Crippen LogP contribution in [0.15, 0.2) is 134 Å². The van der Waals surface area contributed by atoms with Gasteiger partial charge in [0.1, 0.15) is 6.61 Å². The van der Waals surface area contributed by atoms with Crippen LogP contribution in [0.1, 0.15) is 412 Å². The largest absolute Gasteiger partial charge is 0.462 e. The van der Waals surface area contributed by atoms with Gasteiger partial charge in [0.15, 0.2) is 6.10 Å². The number of esters is 2. The van der Waals surface area contributed by atoms with E-state index in [1.165, 1.54) is 283 Å². The summed E-state index contributed by atoms with van der Waals surface area (Å²) in [6, 6.07) is 0. The van der Waals surface area contributed by atoms with E-state index in [0.29, 0.717) is 12.8 Å². The summed E-state index contributed by atoms with van der Waals surface area (Å²) in [7, 11) is 0. The highest BCUT2D eigenvalue weighted by Gasteiger charge is 2.16. The van der Waals surface area contributed by atoms with Gasteiger partial charge < -0.3 is 14.6 Å². The third-order valence-electron chi connectivity index (χ3n) is 18.4. The molecule has 1 N–H and O–H groups in total. The van der Waals surface area contributed by atoms with Crippen LogP contribution < -0.4 is 0 Å². The first-order chi connectivity index (χ1) is 47.6. The average molecular weight is 1330 g/mol. The zero-order valence-corrected chi connectivity index (χ0v) is 63.6. The topological polar surface area (TPSA) is 72.8 Å². The molecule has 1 unspecified atom stereocenters. The molecule has 0 saturated carbocycles. The molecule has 0 bridgehead atoms. The Labute approximate surface area is 597 Å². The van der Waals surface area contributed by atoms with Crippen LogP contribution in [0.4, 0.5) is 0 Å². The third-order valence-corrected chi connectivity index (χ3v) is 18.4. The van der Waals surface area contributed by atoms with E-state index in [1.807, 2.05) is 0 Å². The molecule has 0 aromatic rings. The Balaban J connectivity index is 3.43. The zero-order chi connectivity index (χ0) is 69.0. The summed E-state index contributed by atoms with van der Waals surface area (Å²) < 4.78 is 10.8. The van der Waals surface area contributed by atoms with Crippen molar-refractivity contribution in [2.75, 3.05) is 13.2 Å². The molecule has 0 heterocycles. The fraction of sp³-hybridized carbons (Fsp3) is 0.736. The van der Waals surface area contributed by atoms with Crippen molar-refractivity contribution in [2.24, 2.45) is 0 Å². The molecule has 0 amide bonds. The van der Waals surface area contributed by atoms with Gasteiger partial charge >= 0.3 is 11.9 Å². The molecule has 0 fully saturated rings. The second-order valence-electron chi connectivity index (χ2n) is 27.8. The molecular formula is C91H158O5. The Hall–Kier alpha value is -3.96. The second kappa shape index (κ2) is 85.3. The van der Waals surface area contributed by atoms with Crippen molar-refractivity contribution in [3.8, 4) is 0 Å². The van der Waals surface area contributed by atoms with Gasteiger partial charge in [0.25, 0.3) is 0 Å². The van der Waals surface area contributed by atoms with Crippen LogP contribution in [0.3, 0.4) is 0 Å². The Kier molecular flexibility index (Phi) is 81.7. The van der Waals surface area contributed by atoms with Gasteiger partial charge in [0.05, 0.1) is 6.61 Å². The first-order valence-corrected chi connectivity index (χ1v) is 41.7. The van der Waals surface area contributed by atoms with Crippen LogP contribution >= 0.6 is 0 Å². The number of rotatable bonds is 77. The first-order valence-electron chi connectivity index (χ1n) is 41.7. The molecule has 0 aliphatic carbocycles. The normalized spacial score (nSPS) is 12.9. The summed E-state index contributed by atoms with van der Waals surface area (Å²) in [4.78, 5) is 24.8. The van der Waals surface area contributed by atoms with Crippen molar-refractivity contribution in [1.82, 2.24) is 0 Å². The molecule has 0 radical (unpaired) electrons. The smallest absolute Gasteiger partial charge is 0.306 e. The Morgan fingerprint density at radius 2 is 0.448 bits per heavy atom. The minimum Gasteiger partial charge on any atom is -0.462 e. The summed E-state index contributed by atoms with van der Waals surface area (Å²) >= 11 is 0. The van der Waals surface area contributed by atoms with E-state index in [9.17, 15) is 14.7 Å². The molecule has 0 aromatic heterocycles. The van der Waals surface area contributed by atoms with Gasteiger partial charge in [-0.05, 0) is 116 Å². The lowest BCUT2D eigenvalue weighted by Gasteiger charge is -2.15. The molecule has 5 nitrogen and oxygen atoms in total. The van der Waals surface area contributed by atoms with Crippen molar-refractivity contribution >= 4 is 11.9 Å². The lowest BCUT2D eigenvalue weighted by atomic mass is 10.0. The van der Waals surface area contributed by atoms with E-state index in [4.69, 9.17) is 9.47 Å². The van der Waals surface area contributed by atoms with Gasteiger partial charge in [-0.1, -0.05) is 417 Å². The van der Waals surface area contributed by atoms with Crippen LogP contribution in [-0.2, 0) is 19.1 Å². The lowest BCUT2D eigenvalue weighted by molar-refractivity contribution is -0.161. The molecule has 0 aromatic carbocycles. The van der Waals surface area contributed by atoms with Crippen LogP contribution in [0.2, 0.25) is 0 Å². The average Bonchev–Trinajstić information content (AvgIpc) is 3.79. The molecular weight excluding hydrogens is 1170 g/mol. The van der Waals surface area contributed by atoms with Crippen LogP contribution in [0.5, 0.6) is 0 Å². The molecule has 1 atom stereocenters. The zero-order valence-electron chi connectivity index (χ0n) is 63.6. The van der Waals surface area contributed by atoms with E-state index in [0.717, 1.165) is 103 Å². The number of unbranched alkanes of at least 4 members (excludes halogenated alkanes) is 47. The number of carbonyl (C=O) groups is 2. The Bertz CT molecular complexity index is 1900. The number of aliphatic hydroxyl groups is 1. The summed E-state index contributed by atoms with van der Waals surface area (Å²) in [6.07, 6.45) is 127. The maximum Gasteiger partial charge on any atom is 0.306 e. The van der Waals surface area contributed by atoms with Crippen molar-refractivity contribution in [2.45, 2.75) is 418 Å². The maximum absolute atomic E-state index is 12.4. The minimum atomic E-state index is -0.778. The highest BCUT2D eigenvalue weighted by atomic mass is 16.6. The van der Waals surface area contributed by atoms with Crippen molar-refractivity contribution in [3.05, 3.63) is 134 Å². The fourth-order valence-electron chi connectivity index (χ4n) is 12.2. The molecule has 0 aliphatic rings. The molecule has 0 spiro atoms. The van der Waals surface area contributed by atoms with E-state index in [-0.39, 0.29) is 25.2 Å². The van der Waals surface area contributed by atoms with E-state index in [2.05, 4.69) is 148 Å². The van der Waals surface area contributed by atoms with Gasteiger partial charge in [-0.15, -0.1) is 0 Å². The highest BCUT2D eigenvalue weighted by Crippen LogP contribution is 2.19. The molecule has 5 heteroatoms.